The maximum atomic E-state index is 9.09. The van der Waals surface area contributed by atoms with E-state index in [0.29, 0.717) is 5.02 Å². The lowest BCUT2D eigenvalue weighted by atomic mass is 10.3. The molecule has 0 unspecified atom stereocenters. The number of hydrogen-bond donors (Lipinski definition) is 1. The van der Waals surface area contributed by atoms with Crippen LogP contribution in [0.3, 0.4) is 0 Å². The minimum Gasteiger partial charge on any atom is -0.388 e. The molecule has 0 aromatic carbocycles. The van der Waals surface area contributed by atoms with E-state index in [2.05, 4.69) is 15.9 Å². The SMILES string of the molecule is C[C@H](O)c1cc(Cl)c(Br)s1. The first-order chi connectivity index (χ1) is 4.61. The normalized spacial score (nSPS) is 13.6. The lowest BCUT2D eigenvalue weighted by molar-refractivity contribution is 0.203. The second kappa shape index (κ2) is 3.22. The Bertz CT molecular complexity index is 214. The molecule has 0 fully saturated rings. The summed E-state index contributed by atoms with van der Waals surface area (Å²) in [6.45, 7) is 1.72. The highest BCUT2D eigenvalue weighted by Crippen LogP contribution is 2.34. The third-order valence-electron chi connectivity index (χ3n) is 1.08. The molecule has 56 valence electrons. The van der Waals surface area contributed by atoms with Gasteiger partial charge in [-0.2, -0.15) is 0 Å². The highest BCUT2D eigenvalue weighted by atomic mass is 79.9. The molecule has 10 heavy (non-hydrogen) atoms. The Balaban J connectivity index is 2.98. The highest BCUT2D eigenvalue weighted by Gasteiger charge is 2.07. The summed E-state index contributed by atoms with van der Waals surface area (Å²) in [5.74, 6) is 0. The molecule has 1 aromatic heterocycles. The van der Waals surface area contributed by atoms with Crippen molar-refractivity contribution >= 4 is 38.9 Å². The van der Waals surface area contributed by atoms with Gasteiger partial charge in [-0.1, -0.05) is 11.6 Å². The van der Waals surface area contributed by atoms with Crippen LogP contribution in [0, 0.1) is 0 Å². The summed E-state index contributed by atoms with van der Waals surface area (Å²) < 4.78 is 0.880. The second-order valence-electron chi connectivity index (χ2n) is 1.95. The Kier molecular flexibility index (Phi) is 2.74. The topological polar surface area (TPSA) is 20.2 Å². The number of halogens is 2. The molecule has 0 saturated heterocycles. The van der Waals surface area contributed by atoms with Crippen LogP contribution in [-0.2, 0) is 0 Å². The van der Waals surface area contributed by atoms with Gasteiger partial charge in [-0.05, 0) is 28.9 Å². The van der Waals surface area contributed by atoms with Gasteiger partial charge in [0.05, 0.1) is 14.9 Å². The summed E-state index contributed by atoms with van der Waals surface area (Å²) in [5, 5.41) is 9.76. The van der Waals surface area contributed by atoms with E-state index in [1.807, 2.05) is 0 Å². The van der Waals surface area contributed by atoms with Crippen LogP contribution in [0.2, 0.25) is 5.02 Å². The first-order valence-corrected chi connectivity index (χ1v) is 4.73. The Morgan fingerprint density at radius 2 is 2.40 bits per heavy atom. The lowest BCUT2D eigenvalue weighted by Gasteiger charge is -1.95. The van der Waals surface area contributed by atoms with Crippen molar-refractivity contribution in [3.63, 3.8) is 0 Å². The predicted octanol–water partition coefficient (Wildman–Crippen LogP) is 3.22. The van der Waals surface area contributed by atoms with Gasteiger partial charge >= 0.3 is 0 Å². The van der Waals surface area contributed by atoms with E-state index in [0.717, 1.165) is 8.66 Å². The first-order valence-electron chi connectivity index (χ1n) is 2.74. The van der Waals surface area contributed by atoms with E-state index in [-0.39, 0.29) is 0 Å². The molecule has 0 spiro atoms. The van der Waals surface area contributed by atoms with Crippen LogP contribution in [0.25, 0.3) is 0 Å². The average Bonchev–Trinajstić information content (AvgIpc) is 2.13. The summed E-state index contributed by atoms with van der Waals surface area (Å²) in [7, 11) is 0. The van der Waals surface area contributed by atoms with Gasteiger partial charge in [0.2, 0.25) is 0 Å². The third-order valence-corrected chi connectivity index (χ3v) is 3.72. The molecule has 1 nitrogen and oxygen atoms in total. The Morgan fingerprint density at radius 3 is 2.60 bits per heavy atom. The van der Waals surface area contributed by atoms with Crippen LogP contribution < -0.4 is 0 Å². The van der Waals surface area contributed by atoms with Crippen molar-refractivity contribution in [1.82, 2.24) is 0 Å². The molecular weight excluding hydrogens is 235 g/mol. The molecule has 0 aliphatic heterocycles. The number of thiophene rings is 1. The summed E-state index contributed by atoms with van der Waals surface area (Å²) in [6, 6.07) is 1.76. The summed E-state index contributed by atoms with van der Waals surface area (Å²) >= 11 is 10.4. The van der Waals surface area contributed by atoms with Crippen molar-refractivity contribution in [1.29, 1.82) is 0 Å². The number of hydrogen-bond acceptors (Lipinski definition) is 2. The Hall–Kier alpha value is 0.430. The maximum Gasteiger partial charge on any atom is 0.0888 e. The maximum absolute atomic E-state index is 9.09. The minimum atomic E-state index is -0.422. The van der Waals surface area contributed by atoms with E-state index < -0.39 is 6.10 Å². The molecule has 1 N–H and O–H groups in total. The van der Waals surface area contributed by atoms with Crippen LogP contribution in [0.1, 0.15) is 17.9 Å². The third kappa shape index (κ3) is 1.72. The highest BCUT2D eigenvalue weighted by molar-refractivity contribution is 9.11. The molecule has 1 aromatic rings. The van der Waals surface area contributed by atoms with Crippen molar-refractivity contribution in [2.45, 2.75) is 13.0 Å². The van der Waals surface area contributed by atoms with Gasteiger partial charge in [0.25, 0.3) is 0 Å². The van der Waals surface area contributed by atoms with Crippen molar-refractivity contribution in [2.24, 2.45) is 0 Å². The predicted molar refractivity (Wildman–Crippen MR) is 47.7 cm³/mol. The van der Waals surface area contributed by atoms with Gasteiger partial charge in [-0.25, -0.2) is 0 Å². The molecule has 0 aliphatic carbocycles. The van der Waals surface area contributed by atoms with Crippen LogP contribution in [0.5, 0.6) is 0 Å². The van der Waals surface area contributed by atoms with Gasteiger partial charge in [0, 0.05) is 4.88 Å². The molecule has 1 atom stereocenters. The van der Waals surface area contributed by atoms with E-state index >= 15 is 0 Å². The largest absolute Gasteiger partial charge is 0.388 e. The lowest BCUT2D eigenvalue weighted by Crippen LogP contribution is -1.83. The summed E-state index contributed by atoms with van der Waals surface area (Å²) in [4.78, 5) is 0.886. The van der Waals surface area contributed by atoms with Gasteiger partial charge in [0.1, 0.15) is 0 Å². The zero-order valence-corrected chi connectivity index (χ0v) is 8.42. The van der Waals surface area contributed by atoms with Gasteiger partial charge in [0.15, 0.2) is 0 Å². The first kappa shape index (κ1) is 8.53. The van der Waals surface area contributed by atoms with E-state index in [9.17, 15) is 0 Å². The molecule has 4 heteroatoms. The molecule has 1 heterocycles. The van der Waals surface area contributed by atoms with Crippen LogP contribution in [-0.4, -0.2) is 5.11 Å². The van der Waals surface area contributed by atoms with Crippen molar-refractivity contribution < 1.29 is 5.11 Å². The fourth-order valence-corrected chi connectivity index (χ4v) is 2.25. The quantitative estimate of drug-likeness (QED) is 0.800. The van der Waals surface area contributed by atoms with E-state index in [1.165, 1.54) is 11.3 Å². The van der Waals surface area contributed by atoms with Crippen molar-refractivity contribution in [3.05, 3.63) is 19.8 Å². The average molecular weight is 242 g/mol. The second-order valence-corrected chi connectivity index (χ2v) is 4.76. The fraction of sp³-hybridized carbons (Fsp3) is 0.333. The smallest absolute Gasteiger partial charge is 0.0888 e. The minimum absolute atomic E-state index is 0.422. The number of aliphatic hydroxyl groups excluding tert-OH is 1. The monoisotopic (exact) mass is 240 g/mol. The van der Waals surface area contributed by atoms with Gasteiger partial charge < -0.3 is 5.11 Å². The standard InChI is InChI=1S/C6H6BrClOS/c1-3(9)5-2-4(8)6(7)10-5/h2-3,9H,1H3/t3-/m0/s1. The zero-order chi connectivity index (χ0) is 7.72. The Labute approximate surface area is 76.8 Å². The molecule has 0 bridgehead atoms. The summed E-state index contributed by atoms with van der Waals surface area (Å²) in [6.07, 6.45) is -0.422. The summed E-state index contributed by atoms with van der Waals surface area (Å²) in [5.41, 5.74) is 0. The molecule has 1 rings (SSSR count). The molecule has 0 saturated carbocycles. The number of rotatable bonds is 1. The zero-order valence-electron chi connectivity index (χ0n) is 5.27. The van der Waals surface area contributed by atoms with Crippen LogP contribution in [0.4, 0.5) is 0 Å². The van der Waals surface area contributed by atoms with Crippen molar-refractivity contribution in [2.75, 3.05) is 0 Å². The van der Waals surface area contributed by atoms with Crippen LogP contribution in [0.15, 0.2) is 9.85 Å². The fourth-order valence-electron chi connectivity index (χ4n) is 0.569. The number of aliphatic hydroxyl groups is 1. The van der Waals surface area contributed by atoms with Crippen molar-refractivity contribution in [3.8, 4) is 0 Å². The molecule has 0 amide bonds. The molecule has 0 radical (unpaired) electrons. The molecule has 0 aliphatic rings. The van der Waals surface area contributed by atoms with E-state index in [4.69, 9.17) is 16.7 Å². The van der Waals surface area contributed by atoms with Gasteiger partial charge in [-0.3, -0.25) is 0 Å². The van der Waals surface area contributed by atoms with E-state index in [1.54, 1.807) is 13.0 Å². The van der Waals surface area contributed by atoms with Crippen LogP contribution >= 0.6 is 38.9 Å². The molecular formula is C6H6BrClOS. The Morgan fingerprint density at radius 1 is 1.80 bits per heavy atom. The van der Waals surface area contributed by atoms with Gasteiger partial charge in [-0.15, -0.1) is 11.3 Å².